The summed E-state index contributed by atoms with van der Waals surface area (Å²) in [6.07, 6.45) is 1.79. The summed E-state index contributed by atoms with van der Waals surface area (Å²) in [6, 6.07) is 15.9. The fraction of sp³-hybridized carbons (Fsp3) is 0. The zero-order chi connectivity index (χ0) is 13.5. The number of nitrogen functional groups attached to an aromatic ring is 1. The molecule has 5 nitrogen and oxygen atoms in total. The molecule has 3 heterocycles. The molecule has 0 amide bonds. The van der Waals surface area contributed by atoms with Crippen molar-refractivity contribution < 1.29 is 0 Å². The van der Waals surface area contributed by atoms with E-state index in [-0.39, 0.29) is 5.95 Å². The number of nitrogens with zero attached hydrogens (tertiary/aromatic N) is 4. The molecule has 0 saturated carbocycles. The number of benzene rings is 1. The fourth-order valence-electron chi connectivity index (χ4n) is 2.38. The van der Waals surface area contributed by atoms with Gasteiger partial charge in [0.15, 0.2) is 5.65 Å². The Morgan fingerprint density at radius 2 is 1.95 bits per heavy atom. The smallest absolute Gasteiger partial charge is 0.240 e. The largest absolute Gasteiger partial charge is 0.366 e. The highest BCUT2D eigenvalue weighted by Gasteiger charge is 2.07. The molecule has 96 valence electrons. The Morgan fingerprint density at radius 1 is 1.00 bits per heavy atom. The van der Waals surface area contributed by atoms with Gasteiger partial charge in [0.25, 0.3) is 0 Å². The average molecular weight is 261 g/mol. The van der Waals surface area contributed by atoms with Crippen LogP contribution in [0.1, 0.15) is 0 Å². The highest BCUT2D eigenvalue weighted by atomic mass is 15.3. The average Bonchev–Trinajstić information content (AvgIpc) is 2.86. The zero-order valence-corrected chi connectivity index (χ0v) is 10.6. The van der Waals surface area contributed by atoms with Crippen molar-refractivity contribution in [1.29, 1.82) is 0 Å². The molecule has 2 N–H and O–H groups in total. The van der Waals surface area contributed by atoms with Crippen LogP contribution < -0.4 is 5.73 Å². The molecule has 4 aromatic rings. The third kappa shape index (κ3) is 1.60. The van der Waals surface area contributed by atoms with Crippen molar-refractivity contribution in [2.75, 3.05) is 5.73 Å². The molecule has 5 heteroatoms. The van der Waals surface area contributed by atoms with Gasteiger partial charge < -0.3 is 5.73 Å². The molecule has 0 aliphatic heterocycles. The highest BCUT2D eigenvalue weighted by Crippen LogP contribution is 2.24. The second-order valence-electron chi connectivity index (χ2n) is 4.56. The standard InChI is InChI=1S/C15H11N5/c16-15-18-14-5-1-4-13(20(14)19-15)11-6-7-12-10(9-11)3-2-8-17-12/h1-9H,(H2,16,19). The van der Waals surface area contributed by atoms with E-state index in [4.69, 9.17) is 5.73 Å². The van der Waals surface area contributed by atoms with Crippen LogP contribution in [0.5, 0.6) is 0 Å². The van der Waals surface area contributed by atoms with Crippen molar-refractivity contribution in [2.45, 2.75) is 0 Å². The molecular formula is C15H11N5. The second-order valence-corrected chi connectivity index (χ2v) is 4.56. The van der Waals surface area contributed by atoms with Gasteiger partial charge in [-0.3, -0.25) is 4.98 Å². The summed E-state index contributed by atoms with van der Waals surface area (Å²) in [5, 5.41) is 5.33. The summed E-state index contributed by atoms with van der Waals surface area (Å²) < 4.78 is 1.76. The lowest BCUT2D eigenvalue weighted by Gasteiger charge is -2.05. The highest BCUT2D eigenvalue weighted by molar-refractivity contribution is 5.83. The molecule has 0 fully saturated rings. The Hall–Kier alpha value is -2.95. The first-order valence-electron chi connectivity index (χ1n) is 6.28. The van der Waals surface area contributed by atoms with Crippen LogP contribution in [-0.4, -0.2) is 19.6 Å². The van der Waals surface area contributed by atoms with E-state index in [1.165, 1.54) is 0 Å². The number of pyridine rings is 2. The van der Waals surface area contributed by atoms with E-state index >= 15 is 0 Å². The van der Waals surface area contributed by atoms with Crippen LogP contribution in [0.2, 0.25) is 0 Å². The molecular weight excluding hydrogens is 250 g/mol. The lowest BCUT2D eigenvalue weighted by molar-refractivity contribution is 0.976. The lowest BCUT2D eigenvalue weighted by atomic mass is 10.1. The van der Waals surface area contributed by atoms with E-state index in [9.17, 15) is 0 Å². The van der Waals surface area contributed by atoms with Crippen molar-refractivity contribution in [3.8, 4) is 11.3 Å². The number of nitrogens with two attached hydrogens (primary N) is 1. The fourth-order valence-corrected chi connectivity index (χ4v) is 2.38. The molecule has 0 aliphatic rings. The van der Waals surface area contributed by atoms with Gasteiger partial charge in [-0.15, -0.1) is 5.10 Å². The lowest BCUT2D eigenvalue weighted by Crippen LogP contribution is -1.94. The maximum absolute atomic E-state index is 5.68. The first-order valence-corrected chi connectivity index (χ1v) is 6.28. The first-order chi connectivity index (χ1) is 9.81. The van der Waals surface area contributed by atoms with Crippen molar-refractivity contribution in [1.82, 2.24) is 19.6 Å². The zero-order valence-electron chi connectivity index (χ0n) is 10.6. The molecule has 0 radical (unpaired) electrons. The predicted octanol–water partition coefficient (Wildman–Crippen LogP) is 2.53. The van der Waals surface area contributed by atoms with Gasteiger partial charge in [-0.25, -0.2) is 4.52 Å². The van der Waals surface area contributed by atoms with E-state index < -0.39 is 0 Å². The van der Waals surface area contributed by atoms with Crippen molar-refractivity contribution in [3.05, 3.63) is 54.7 Å². The molecule has 1 aromatic carbocycles. The molecule has 0 atom stereocenters. The van der Waals surface area contributed by atoms with Gasteiger partial charge in [-0.1, -0.05) is 18.2 Å². The van der Waals surface area contributed by atoms with Gasteiger partial charge in [0, 0.05) is 17.1 Å². The summed E-state index contributed by atoms with van der Waals surface area (Å²) in [4.78, 5) is 8.51. The van der Waals surface area contributed by atoms with Crippen molar-refractivity contribution in [3.63, 3.8) is 0 Å². The Balaban J connectivity index is 2.00. The minimum Gasteiger partial charge on any atom is -0.366 e. The number of hydrogen-bond acceptors (Lipinski definition) is 4. The number of rotatable bonds is 1. The summed E-state index contributed by atoms with van der Waals surface area (Å²) in [7, 11) is 0. The van der Waals surface area contributed by atoms with Gasteiger partial charge in [0.1, 0.15) is 0 Å². The van der Waals surface area contributed by atoms with Crippen molar-refractivity contribution in [2.24, 2.45) is 0 Å². The Bertz CT molecular complexity index is 926. The van der Waals surface area contributed by atoms with E-state index in [1.54, 1.807) is 10.7 Å². The van der Waals surface area contributed by atoms with Gasteiger partial charge in [-0.05, 0) is 30.3 Å². The molecule has 0 saturated heterocycles. The number of hydrogen-bond donors (Lipinski definition) is 1. The Labute approximate surface area is 114 Å². The van der Waals surface area contributed by atoms with Crippen LogP contribution in [0.25, 0.3) is 27.8 Å². The third-order valence-corrected chi connectivity index (χ3v) is 3.27. The maximum atomic E-state index is 5.68. The van der Waals surface area contributed by atoms with Gasteiger partial charge in [0.05, 0.1) is 11.2 Å². The second kappa shape index (κ2) is 4.03. The summed E-state index contributed by atoms with van der Waals surface area (Å²) >= 11 is 0. The summed E-state index contributed by atoms with van der Waals surface area (Å²) in [6.45, 7) is 0. The normalized spacial score (nSPS) is 11.2. The molecule has 0 aliphatic carbocycles. The number of anilines is 1. The summed E-state index contributed by atoms with van der Waals surface area (Å²) in [5.41, 5.74) is 9.40. The van der Waals surface area contributed by atoms with Crippen LogP contribution in [-0.2, 0) is 0 Å². The number of aromatic nitrogens is 4. The molecule has 4 rings (SSSR count). The molecule has 0 unspecified atom stereocenters. The van der Waals surface area contributed by atoms with Gasteiger partial charge in [-0.2, -0.15) is 4.98 Å². The molecule has 20 heavy (non-hydrogen) atoms. The van der Waals surface area contributed by atoms with Crippen LogP contribution in [0, 0.1) is 0 Å². The third-order valence-electron chi connectivity index (χ3n) is 3.27. The Morgan fingerprint density at radius 3 is 2.90 bits per heavy atom. The monoisotopic (exact) mass is 261 g/mol. The Kier molecular flexibility index (Phi) is 2.20. The minimum atomic E-state index is 0.278. The van der Waals surface area contributed by atoms with E-state index in [2.05, 4.69) is 21.1 Å². The van der Waals surface area contributed by atoms with E-state index in [0.717, 1.165) is 27.8 Å². The maximum Gasteiger partial charge on any atom is 0.240 e. The molecule has 0 bridgehead atoms. The summed E-state index contributed by atoms with van der Waals surface area (Å²) in [5.74, 6) is 0.278. The van der Waals surface area contributed by atoms with Crippen LogP contribution >= 0.6 is 0 Å². The quantitative estimate of drug-likeness (QED) is 0.571. The van der Waals surface area contributed by atoms with E-state index in [0.29, 0.717) is 0 Å². The minimum absolute atomic E-state index is 0.278. The predicted molar refractivity (Wildman–Crippen MR) is 78.1 cm³/mol. The number of fused-ring (bicyclic) bond motifs is 2. The van der Waals surface area contributed by atoms with Gasteiger partial charge >= 0.3 is 0 Å². The molecule has 0 spiro atoms. The van der Waals surface area contributed by atoms with Gasteiger partial charge in [0.2, 0.25) is 5.95 Å². The van der Waals surface area contributed by atoms with Crippen molar-refractivity contribution >= 4 is 22.5 Å². The van der Waals surface area contributed by atoms with E-state index in [1.807, 2.05) is 42.5 Å². The molecule has 3 aromatic heterocycles. The van der Waals surface area contributed by atoms with Crippen LogP contribution in [0.3, 0.4) is 0 Å². The van der Waals surface area contributed by atoms with Crippen LogP contribution in [0.4, 0.5) is 5.95 Å². The van der Waals surface area contributed by atoms with Crippen LogP contribution in [0.15, 0.2) is 54.7 Å². The topological polar surface area (TPSA) is 69.1 Å². The SMILES string of the molecule is Nc1nc2cccc(-c3ccc4ncccc4c3)n2n1. The first kappa shape index (κ1) is 10.9.